The Hall–Kier alpha value is -2.27. The molecule has 2 aromatic carbocycles. The van der Waals surface area contributed by atoms with Gasteiger partial charge in [-0.05, 0) is 50.2 Å². The van der Waals surface area contributed by atoms with Crippen molar-refractivity contribution in [2.75, 3.05) is 5.32 Å². The second kappa shape index (κ2) is 5.13. The Balaban J connectivity index is 1.94. The molecule has 1 aliphatic rings. The number of rotatable bonds is 1. The fourth-order valence-corrected chi connectivity index (χ4v) is 3.45. The third-order valence-electron chi connectivity index (χ3n) is 4.13. The lowest BCUT2D eigenvalue weighted by atomic mass is 10.0. The van der Waals surface area contributed by atoms with E-state index < -0.39 is 0 Å². The Labute approximate surface area is 142 Å². The van der Waals surface area contributed by atoms with Crippen molar-refractivity contribution in [3.63, 3.8) is 0 Å². The molecule has 116 valence electrons. The van der Waals surface area contributed by atoms with Crippen molar-refractivity contribution < 1.29 is 5.11 Å². The summed E-state index contributed by atoms with van der Waals surface area (Å²) in [5.74, 6) is 0.250. The van der Waals surface area contributed by atoms with Gasteiger partial charge in [0.25, 0.3) is 0 Å². The number of fused-ring (bicyclic) bond motifs is 3. The summed E-state index contributed by atoms with van der Waals surface area (Å²) >= 11 is 3.48. The fourth-order valence-electron chi connectivity index (χ4n) is 3.07. The quantitative estimate of drug-likeness (QED) is 0.658. The molecule has 0 unspecified atom stereocenters. The Bertz CT molecular complexity index is 917. The van der Waals surface area contributed by atoms with Crippen molar-refractivity contribution in [2.45, 2.75) is 20.0 Å². The van der Waals surface area contributed by atoms with Crippen LogP contribution in [0.2, 0.25) is 0 Å². The summed E-state index contributed by atoms with van der Waals surface area (Å²) in [7, 11) is 0. The van der Waals surface area contributed by atoms with Crippen LogP contribution in [0, 0.1) is 13.8 Å². The SMILES string of the molecule is Cc1ccc2c(c1)-c1cc(C)nn1[C@H](c1cc(Br)ccc1O)N2. The lowest BCUT2D eigenvalue weighted by Gasteiger charge is -2.30. The van der Waals surface area contributed by atoms with Gasteiger partial charge in [-0.15, -0.1) is 0 Å². The van der Waals surface area contributed by atoms with Gasteiger partial charge in [-0.25, -0.2) is 4.68 Å². The highest BCUT2D eigenvalue weighted by Crippen LogP contribution is 2.41. The Morgan fingerprint density at radius 1 is 1.13 bits per heavy atom. The van der Waals surface area contributed by atoms with E-state index in [-0.39, 0.29) is 11.9 Å². The first kappa shape index (κ1) is 14.3. The van der Waals surface area contributed by atoms with Crippen molar-refractivity contribution in [1.29, 1.82) is 0 Å². The lowest BCUT2D eigenvalue weighted by Crippen LogP contribution is -2.25. The molecule has 2 N–H and O–H groups in total. The van der Waals surface area contributed by atoms with E-state index in [9.17, 15) is 5.11 Å². The molecule has 0 spiro atoms. The number of aromatic nitrogens is 2. The molecule has 2 heterocycles. The third-order valence-corrected chi connectivity index (χ3v) is 4.62. The largest absolute Gasteiger partial charge is 0.508 e. The topological polar surface area (TPSA) is 50.1 Å². The zero-order chi connectivity index (χ0) is 16.1. The van der Waals surface area contributed by atoms with Crippen LogP contribution in [0.5, 0.6) is 5.75 Å². The molecule has 0 radical (unpaired) electrons. The number of hydrogen-bond acceptors (Lipinski definition) is 3. The number of hydrogen-bond donors (Lipinski definition) is 2. The van der Waals surface area contributed by atoms with Gasteiger partial charge < -0.3 is 10.4 Å². The smallest absolute Gasteiger partial charge is 0.150 e. The van der Waals surface area contributed by atoms with E-state index in [2.05, 4.69) is 57.5 Å². The zero-order valence-electron chi connectivity index (χ0n) is 12.8. The number of aryl methyl sites for hydroxylation is 2. The lowest BCUT2D eigenvalue weighted by molar-refractivity contribution is 0.452. The molecule has 0 saturated carbocycles. The highest BCUT2D eigenvalue weighted by molar-refractivity contribution is 9.10. The summed E-state index contributed by atoms with van der Waals surface area (Å²) in [5.41, 5.74) is 6.19. The summed E-state index contributed by atoms with van der Waals surface area (Å²) < 4.78 is 2.87. The third kappa shape index (κ3) is 2.32. The number of aromatic hydroxyl groups is 1. The second-order valence-corrected chi connectivity index (χ2v) is 6.83. The minimum absolute atomic E-state index is 0.244. The molecule has 5 heteroatoms. The van der Waals surface area contributed by atoms with Crippen LogP contribution in [0.15, 0.2) is 46.9 Å². The van der Waals surface area contributed by atoms with Crippen molar-refractivity contribution in [1.82, 2.24) is 9.78 Å². The number of nitrogens with zero attached hydrogens (tertiary/aromatic N) is 2. The Kier molecular flexibility index (Phi) is 3.20. The van der Waals surface area contributed by atoms with Crippen molar-refractivity contribution in [2.24, 2.45) is 0 Å². The molecule has 0 amide bonds. The zero-order valence-corrected chi connectivity index (χ0v) is 14.4. The van der Waals surface area contributed by atoms with Crippen LogP contribution in [-0.2, 0) is 0 Å². The van der Waals surface area contributed by atoms with E-state index in [4.69, 9.17) is 0 Å². The fraction of sp³-hybridized carbons (Fsp3) is 0.167. The molecule has 3 aromatic rings. The maximum atomic E-state index is 10.3. The van der Waals surface area contributed by atoms with E-state index in [1.165, 1.54) is 5.56 Å². The van der Waals surface area contributed by atoms with E-state index >= 15 is 0 Å². The summed E-state index contributed by atoms with van der Waals surface area (Å²) in [5, 5.41) is 18.4. The van der Waals surface area contributed by atoms with Crippen LogP contribution in [0.25, 0.3) is 11.3 Å². The van der Waals surface area contributed by atoms with Crippen LogP contribution in [0.4, 0.5) is 5.69 Å². The highest BCUT2D eigenvalue weighted by Gasteiger charge is 2.28. The molecule has 1 aliphatic heterocycles. The average Bonchev–Trinajstić information content (AvgIpc) is 2.91. The van der Waals surface area contributed by atoms with Crippen molar-refractivity contribution >= 4 is 21.6 Å². The number of benzene rings is 2. The van der Waals surface area contributed by atoms with Gasteiger partial charge in [0.05, 0.1) is 11.4 Å². The molecule has 23 heavy (non-hydrogen) atoms. The van der Waals surface area contributed by atoms with Gasteiger partial charge in [0, 0.05) is 21.3 Å². The normalized spacial score (nSPS) is 15.7. The van der Waals surface area contributed by atoms with Crippen LogP contribution in [-0.4, -0.2) is 14.9 Å². The van der Waals surface area contributed by atoms with Crippen LogP contribution < -0.4 is 5.32 Å². The standard InChI is InChI=1S/C18H16BrN3O/c1-10-3-5-15-13(7-10)16-8-11(2)21-22(16)18(20-15)14-9-12(19)4-6-17(14)23/h3-9,18,20,23H,1-2H3/t18-/m1/s1. The molecule has 4 nitrogen and oxygen atoms in total. The van der Waals surface area contributed by atoms with Gasteiger partial charge in [-0.2, -0.15) is 5.10 Å². The van der Waals surface area contributed by atoms with E-state index in [0.717, 1.165) is 32.7 Å². The predicted molar refractivity (Wildman–Crippen MR) is 94.7 cm³/mol. The van der Waals surface area contributed by atoms with Crippen LogP contribution >= 0.6 is 15.9 Å². The van der Waals surface area contributed by atoms with Gasteiger partial charge in [-0.3, -0.25) is 0 Å². The minimum Gasteiger partial charge on any atom is -0.508 e. The Morgan fingerprint density at radius 2 is 1.96 bits per heavy atom. The summed E-state index contributed by atoms with van der Waals surface area (Å²) in [6.45, 7) is 4.07. The molecular weight excluding hydrogens is 354 g/mol. The molecule has 0 fully saturated rings. The molecular formula is C18H16BrN3O. The van der Waals surface area contributed by atoms with Gasteiger partial charge in [-0.1, -0.05) is 27.6 Å². The second-order valence-electron chi connectivity index (χ2n) is 5.91. The number of halogens is 1. The summed E-state index contributed by atoms with van der Waals surface area (Å²) in [6, 6.07) is 13.9. The summed E-state index contributed by atoms with van der Waals surface area (Å²) in [6.07, 6.45) is -0.244. The monoisotopic (exact) mass is 369 g/mol. The number of phenols is 1. The predicted octanol–water partition coefficient (Wildman–Crippen LogP) is 4.61. The minimum atomic E-state index is -0.244. The van der Waals surface area contributed by atoms with Gasteiger partial charge in [0.1, 0.15) is 5.75 Å². The van der Waals surface area contributed by atoms with Crippen LogP contribution in [0.1, 0.15) is 23.0 Å². The van der Waals surface area contributed by atoms with Crippen LogP contribution in [0.3, 0.4) is 0 Å². The number of phenolic OH excluding ortho intramolecular Hbond substituents is 1. The first-order chi connectivity index (χ1) is 11.0. The average molecular weight is 370 g/mol. The number of nitrogens with one attached hydrogen (secondary N) is 1. The molecule has 4 rings (SSSR count). The summed E-state index contributed by atoms with van der Waals surface area (Å²) in [4.78, 5) is 0. The molecule has 0 aliphatic carbocycles. The maximum Gasteiger partial charge on any atom is 0.150 e. The maximum absolute atomic E-state index is 10.3. The highest BCUT2D eigenvalue weighted by atomic mass is 79.9. The Morgan fingerprint density at radius 3 is 2.78 bits per heavy atom. The van der Waals surface area contributed by atoms with E-state index in [1.807, 2.05) is 23.7 Å². The van der Waals surface area contributed by atoms with E-state index in [0.29, 0.717) is 0 Å². The molecule has 0 saturated heterocycles. The van der Waals surface area contributed by atoms with Gasteiger partial charge >= 0.3 is 0 Å². The molecule has 1 aromatic heterocycles. The first-order valence-electron chi connectivity index (χ1n) is 7.45. The molecule has 0 bridgehead atoms. The van der Waals surface area contributed by atoms with E-state index in [1.54, 1.807) is 6.07 Å². The van der Waals surface area contributed by atoms with Gasteiger partial charge in [0.2, 0.25) is 0 Å². The van der Waals surface area contributed by atoms with Gasteiger partial charge in [0.15, 0.2) is 6.17 Å². The number of anilines is 1. The molecule has 1 atom stereocenters. The van der Waals surface area contributed by atoms with Crippen molar-refractivity contribution in [3.8, 4) is 17.0 Å². The first-order valence-corrected chi connectivity index (χ1v) is 8.24. The van der Waals surface area contributed by atoms with Crippen molar-refractivity contribution in [3.05, 3.63) is 63.8 Å².